The largest absolute Gasteiger partial charge is 0.496 e. The van der Waals surface area contributed by atoms with Gasteiger partial charge in [0.25, 0.3) is 0 Å². The summed E-state index contributed by atoms with van der Waals surface area (Å²) in [6, 6.07) is 5.90. The molecule has 0 atom stereocenters. The molecule has 0 spiro atoms. The molecule has 19 heavy (non-hydrogen) atoms. The molecular formula is C16H26N2O. The van der Waals surface area contributed by atoms with Gasteiger partial charge < -0.3 is 10.5 Å². The van der Waals surface area contributed by atoms with Crippen molar-refractivity contribution in [2.75, 3.05) is 25.9 Å². The molecular weight excluding hydrogens is 236 g/mol. The molecule has 1 heterocycles. The monoisotopic (exact) mass is 262 g/mol. The standard InChI is InChI=1S/C16H26N2O/c1-4-16(5-2)8-9-18(12-16)11-13-10-14(17)6-7-15(13)19-3/h6-7,10H,4-5,8-9,11-12,17H2,1-3H3. The van der Waals surface area contributed by atoms with Gasteiger partial charge in [0.2, 0.25) is 0 Å². The number of hydrogen-bond acceptors (Lipinski definition) is 3. The van der Waals surface area contributed by atoms with Gasteiger partial charge >= 0.3 is 0 Å². The average Bonchev–Trinajstić information content (AvgIpc) is 2.83. The van der Waals surface area contributed by atoms with E-state index in [2.05, 4.69) is 18.7 Å². The summed E-state index contributed by atoms with van der Waals surface area (Å²) in [7, 11) is 1.72. The number of likely N-dealkylation sites (tertiary alicyclic amines) is 1. The van der Waals surface area contributed by atoms with Crippen LogP contribution in [0.3, 0.4) is 0 Å². The molecule has 1 fully saturated rings. The molecule has 1 aromatic rings. The minimum absolute atomic E-state index is 0.521. The van der Waals surface area contributed by atoms with Crippen molar-refractivity contribution in [1.82, 2.24) is 4.90 Å². The molecule has 0 bridgehead atoms. The molecule has 0 saturated carbocycles. The normalized spacial score (nSPS) is 18.7. The van der Waals surface area contributed by atoms with Gasteiger partial charge in [-0.1, -0.05) is 13.8 Å². The number of nitrogens with zero attached hydrogens (tertiary/aromatic N) is 1. The topological polar surface area (TPSA) is 38.5 Å². The molecule has 1 aliphatic heterocycles. The summed E-state index contributed by atoms with van der Waals surface area (Å²) < 4.78 is 5.43. The molecule has 3 heteroatoms. The number of benzene rings is 1. The van der Waals surface area contributed by atoms with Crippen molar-refractivity contribution < 1.29 is 4.74 Å². The highest BCUT2D eigenvalue weighted by atomic mass is 16.5. The molecule has 0 aliphatic carbocycles. The summed E-state index contributed by atoms with van der Waals surface area (Å²) in [6.45, 7) is 7.94. The fourth-order valence-electron chi connectivity index (χ4n) is 3.15. The molecule has 2 N–H and O–H groups in total. The first kappa shape index (κ1) is 14.2. The van der Waals surface area contributed by atoms with E-state index in [-0.39, 0.29) is 0 Å². The SMILES string of the molecule is CCC1(CC)CCN(Cc2cc(N)ccc2OC)C1. The lowest BCUT2D eigenvalue weighted by Crippen LogP contribution is -2.26. The smallest absolute Gasteiger partial charge is 0.123 e. The van der Waals surface area contributed by atoms with Crippen LogP contribution < -0.4 is 10.5 Å². The van der Waals surface area contributed by atoms with Gasteiger partial charge in [-0.2, -0.15) is 0 Å². The predicted octanol–water partition coefficient (Wildman–Crippen LogP) is 3.29. The highest BCUT2D eigenvalue weighted by molar-refractivity contribution is 5.47. The van der Waals surface area contributed by atoms with E-state index < -0.39 is 0 Å². The minimum atomic E-state index is 0.521. The van der Waals surface area contributed by atoms with E-state index in [1.165, 1.54) is 37.9 Å². The molecule has 0 amide bonds. The van der Waals surface area contributed by atoms with E-state index in [1.807, 2.05) is 18.2 Å². The third-order valence-electron chi connectivity index (χ3n) is 4.72. The van der Waals surface area contributed by atoms with Gasteiger partial charge in [-0.05, 0) is 49.4 Å². The lowest BCUT2D eigenvalue weighted by Gasteiger charge is -2.26. The van der Waals surface area contributed by atoms with Crippen molar-refractivity contribution in [1.29, 1.82) is 0 Å². The van der Waals surface area contributed by atoms with Gasteiger partial charge in [0, 0.05) is 24.3 Å². The molecule has 3 nitrogen and oxygen atoms in total. The second-order valence-electron chi connectivity index (χ2n) is 5.74. The maximum absolute atomic E-state index is 5.89. The van der Waals surface area contributed by atoms with Crippen molar-refractivity contribution in [2.45, 2.75) is 39.7 Å². The van der Waals surface area contributed by atoms with Crippen LogP contribution in [-0.2, 0) is 6.54 Å². The Bertz CT molecular complexity index is 427. The molecule has 1 aromatic carbocycles. The Morgan fingerprint density at radius 1 is 1.32 bits per heavy atom. The van der Waals surface area contributed by atoms with E-state index in [0.717, 1.165) is 18.0 Å². The van der Waals surface area contributed by atoms with Crippen LogP contribution in [0.1, 0.15) is 38.7 Å². The Labute approximate surface area is 116 Å². The first-order chi connectivity index (χ1) is 9.12. The highest BCUT2D eigenvalue weighted by Gasteiger charge is 2.34. The quantitative estimate of drug-likeness (QED) is 0.828. The molecule has 2 rings (SSSR count). The van der Waals surface area contributed by atoms with Crippen LogP contribution in [-0.4, -0.2) is 25.1 Å². The molecule has 0 unspecified atom stereocenters. The third kappa shape index (κ3) is 3.03. The third-order valence-corrected chi connectivity index (χ3v) is 4.72. The second kappa shape index (κ2) is 5.83. The summed E-state index contributed by atoms with van der Waals surface area (Å²) in [6.07, 6.45) is 3.85. The minimum Gasteiger partial charge on any atom is -0.496 e. The molecule has 0 aromatic heterocycles. The van der Waals surface area contributed by atoms with Gasteiger partial charge in [0.15, 0.2) is 0 Å². The Kier molecular flexibility index (Phi) is 4.35. The van der Waals surface area contributed by atoms with Gasteiger partial charge in [-0.3, -0.25) is 4.90 Å². The number of rotatable bonds is 5. The zero-order valence-corrected chi connectivity index (χ0v) is 12.4. The number of methoxy groups -OCH3 is 1. The molecule has 106 valence electrons. The number of hydrogen-bond donors (Lipinski definition) is 1. The second-order valence-corrected chi connectivity index (χ2v) is 5.74. The van der Waals surface area contributed by atoms with Gasteiger partial charge in [0.05, 0.1) is 7.11 Å². The summed E-state index contributed by atoms with van der Waals surface area (Å²) in [5.41, 5.74) is 8.42. The average molecular weight is 262 g/mol. The maximum atomic E-state index is 5.89. The predicted molar refractivity (Wildman–Crippen MR) is 80.3 cm³/mol. The van der Waals surface area contributed by atoms with Crippen molar-refractivity contribution in [2.24, 2.45) is 5.41 Å². The van der Waals surface area contributed by atoms with Crippen LogP contribution >= 0.6 is 0 Å². The Hall–Kier alpha value is -1.22. The van der Waals surface area contributed by atoms with Gasteiger partial charge in [0.1, 0.15) is 5.75 Å². The zero-order chi connectivity index (χ0) is 13.9. The van der Waals surface area contributed by atoms with E-state index in [4.69, 9.17) is 10.5 Å². The van der Waals surface area contributed by atoms with Crippen molar-refractivity contribution in [3.63, 3.8) is 0 Å². The van der Waals surface area contributed by atoms with Crippen LogP contribution in [0.15, 0.2) is 18.2 Å². The summed E-state index contributed by atoms with van der Waals surface area (Å²) in [5.74, 6) is 0.944. The van der Waals surface area contributed by atoms with Crippen molar-refractivity contribution in [3.8, 4) is 5.75 Å². The van der Waals surface area contributed by atoms with Crippen LogP contribution in [0.2, 0.25) is 0 Å². The van der Waals surface area contributed by atoms with Gasteiger partial charge in [-0.15, -0.1) is 0 Å². The van der Waals surface area contributed by atoms with E-state index in [0.29, 0.717) is 5.41 Å². The van der Waals surface area contributed by atoms with Crippen molar-refractivity contribution in [3.05, 3.63) is 23.8 Å². The number of anilines is 1. The fourth-order valence-corrected chi connectivity index (χ4v) is 3.15. The van der Waals surface area contributed by atoms with Crippen LogP contribution in [0.4, 0.5) is 5.69 Å². The van der Waals surface area contributed by atoms with Crippen LogP contribution in [0.5, 0.6) is 5.75 Å². The molecule has 1 aliphatic rings. The first-order valence-electron chi connectivity index (χ1n) is 7.27. The summed E-state index contributed by atoms with van der Waals surface area (Å²) in [5, 5.41) is 0. The Balaban J connectivity index is 2.08. The lowest BCUT2D eigenvalue weighted by atomic mass is 9.82. The van der Waals surface area contributed by atoms with Crippen LogP contribution in [0, 0.1) is 5.41 Å². The zero-order valence-electron chi connectivity index (χ0n) is 12.4. The van der Waals surface area contributed by atoms with Crippen LogP contribution in [0.25, 0.3) is 0 Å². The first-order valence-corrected chi connectivity index (χ1v) is 7.27. The molecule has 1 saturated heterocycles. The Morgan fingerprint density at radius 3 is 2.63 bits per heavy atom. The van der Waals surface area contributed by atoms with Crippen molar-refractivity contribution >= 4 is 5.69 Å². The van der Waals surface area contributed by atoms with E-state index in [9.17, 15) is 0 Å². The summed E-state index contributed by atoms with van der Waals surface area (Å²) >= 11 is 0. The highest BCUT2D eigenvalue weighted by Crippen LogP contribution is 2.38. The Morgan fingerprint density at radius 2 is 2.05 bits per heavy atom. The van der Waals surface area contributed by atoms with Gasteiger partial charge in [-0.25, -0.2) is 0 Å². The molecule has 0 radical (unpaired) electrons. The van der Waals surface area contributed by atoms with E-state index >= 15 is 0 Å². The summed E-state index contributed by atoms with van der Waals surface area (Å²) in [4.78, 5) is 2.53. The fraction of sp³-hybridized carbons (Fsp3) is 0.625. The number of nitrogens with two attached hydrogens (primary N) is 1. The number of nitrogen functional groups attached to an aromatic ring is 1. The maximum Gasteiger partial charge on any atom is 0.123 e. The van der Waals surface area contributed by atoms with E-state index in [1.54, 1.807) is 7.11 Å². The lowest BCUT2D eigenvalue weighted by molar-refractivity contribution is 0.234. The number of ether oxygens (including phenoxy) is 1.